The third kappa shape index (κ3) is 51.5. The van der Waals surface area contributed by atoms with Crippen LogP contribution in [0, 0.1) is 0 Å². The van der Waals surface area contributed by atoms with Crippen LogP contribution in [0.15, 0.2) is 0 Å². The monoisotopic (exact) mass is 249 g/mol. The lowest BCUT2D eigenvalue weighted by atomic mass is 10.6. The highest BCUT2D eigenvalue weighted by atomic mass is 16.1. The molecule has 0 radical (unpaired) electrons. The van der Waals surface area contributed by atoms with Crippen molar-refractivity contribution in [1.29, 1.82) is 0 Å². The highest BCUT2D eigenvalue weighted by Crippen LogP contribution is 1.58. The molecule has 17 heavy (non-hydrogen) atoms. The summed E-state index contributed by atoms with van der Waals surface area (Å²) in [5, 5.41) is 8.03. The normalized spacial score (nSPS) is 7.00. The summed E-state index contributed by atoms with van der Waals surface area (Å²) in [6.07, 6.45) is 0.819. The van der Waals surface area contributed by atoms with Gasteiger partial charge in [0, 0.05) is 6.54 Å². The number of carbonyl (C=O) groups excluding carboxylic acids is 2. The Morgan fingerprint density at radius 1 is 1.06 bits per heavy atom. The van der Waals surface area contributed by atoms with Gasteiger partial charge in [0.2, 0.25) is 5.91 Å². The summed E-state index contributed by atoms with van der Waals surface area (Å²) >= 11 is 0. The molecule has 0 spiro atoms. The number of hydrogen-bond donors (Lipinski definition) is 3. The van der Waals surface area contributed by atoms with Gasteiger partial charge in [0.05, 0.1) is 13.1 Å². The molecule has 1 amide bonds. The van der Waals surface area contributed by atoms with Crippen LogP contribution >= 0.6 is 0 Å². The Labute approximate surface area is 107 Å². The summed E-state index contributed by atoms with van der Waals surface area (Å²) in [4.78, 5) is 19.8. The molecule has 5 heteroatoms. The van der Waals surface area contributed by atoms with Crippen LogP contribution in [0.4, 0.5) is 0 Å². The first-order valence-corrected chi connectivity index (χ1v) is 6.22. The van der Waals surface area contributed by atoms with Crippen molar-refractivity contribution in [2.24, 2.45) is 0 Å². The molecule has 0 aromatic rings. The van der Waals surface area contributed by atoms with E-state index in [4.69, 9.17) is 0 Å². The zero-order valence-electron chi connectivity index (χ0n) is 12.5. The van der Waals surface area contributed by atoms with Crippen LogP contribution in [-0.2, 0) is 9.59 Å². The van der Waals surface area contributed by atoms with Gasteiger partial charge in [-0.25, -0.2) is 0 Å². The van der Waals surface area contributed by atoms with E-state index in [1.807, 2.05) is 34.6 Å². The number of amides is 1. The van der Waals surface area contributed by atoms with Crippen LogP contribution in [0.2, 0.25) is 0 Å². The molecule has 5 nitrogen and oxygen atoms in total. The van der Waals surface area contributed by atoms with E-state index in [0.717, 1.165) is 6.29 Å². The Hall–Kier alpha value is -0.940. The molecule has 0 saturated carbocycles. The SMILES string of the molecule is CC.CC.CCNC(=O)CNC.CNCC=O. The first-order chi connectivity index (χ1) is 8.22. The second kappa shape index (κ2) is 36.3. The fourth-order valence-corrected chi connectivity index (χ4v) is 0.504. The number of carbonyl (C=O) groups is 2. The highest BCUT2D eigenvalue weighted by molar-refractivity contribution is 5.77. The van der Waals surface area contributed by atoms with Crippen molar-refractivity contribution in [2.75, 3.05) is 33.7 Å². The molecule has 0 saturated heterocycles. The van der Waals surface area contributed by atoms with E-state index in [1.54, 1.807) is 14.1 Å². The predicted molar refractivity (Wildman–Crippen MR) is 75.3 cm³/mol. The van der Waals surface area contributed by atoms with Gasteiger partial charge < -0.3 is 20.7 Å². The van der Waals surface area contributed by atoms with E-state index in [-0.39, 0.29) is 5.91 Å². The van der Waals surface area contributed by atoms with Crippen molar-refractivity contribution in [3.63, 3.8) is 0 Å². The second-order valence-electron chi connectivity index (χ2n) is 2.21. The zero-order valence-corrected chi connectivity index (χ0v) is 12.5. The van der Waals surface area contributed by atoms with Crippen LogP contribution in [-0.4, -0.2) is 45.9 Å². The van der Waals surface area contributed by atoms with Crippen molar-refractivity contribution in [3.05, 3.63) is 0 Å². The predicted octanol–water partition coefficient (Wildman–Crippen LogP) is 0.799. The fourth-order valence-electron chi connectivity index (χ4n) is 0.504. The minimum Gasteiger partial charge on any atom is -0.355 e. The van der Waals surface area contributed by atoms with Crippen LogP contribution < -0.4 is 16.0 Å². The van der Waals surface area contributed by atoms with E-state index in [2.05, 4.69) is 16.0 Å². The minimum atomic E-state index is 0.0509. The van der Waals surface area contributed by atoms with Gasteiger partial charge in [0.15, 0.2) is 0 Å². The molecule has 106 valence electrons. The van der Waals surface area contributed by atoms with Crippen molar-refractivity contribution < 1.29 is 9.59 Å². The van der Waals surface area contributed by atoms with Gasteiger partial charge in [0.1, 0.15) is 6.29 Å². The van der Waals surface area contributed by atoms with Gasteiger partial charge in [-0.1, -0.05) is 27.7 Å². The Morgan fingerprint density at radius 2 is 1.53 bits per heavy atom. The summed E-state index contributed by atoms with van der Waals surface area (Å²) in [7, 11) is 3.48. The van der Waals surface area contributed by atoms with Crippen LogP contribution in [0.25, 0.3) is 0 Å². The molecule has 0 fully saturated rings. The average Bonchev–Trinajstić information content (AvgIpc) is 2.37. The largest absolute Gasteiger partial charge is 0.355 e. The maximum atomic E-state index is 10.5. The first kappa shape index (κ1) is 25.0. The molecule has 0 unspecified atom stereocenters. The van der Waals surface area contributed by atoms with Crippen LogP contribution in [0.3, 0.4) is 0 Å². The molecule has 0 aromatic carbocycles. The lowest BCUT2D eigenvalue weighted by Crippen LogP contribution is -2.31. The van der Waals surface area contributed by atoms with Crippen molar-refractivity contribution in [1.82, 2.24) is 16.0 Å². The number of nitrogens with one attached hydrogen (secondary N) is 3. The number of rotatable bonds is 5. The summed E-state index contributed by atoms with van der Waals surface area (Å²) in [5.41, 5.74) is 0. The smallest absolute Gasteiger partial charge is 0.233 e. The maximum Gasteiger partial charge on any atom is 0.233 e. The lowest BCUT2D eigenvalue weighted by molar-refractivity contribution is -0.120. The molecule has 0 bridgehead atoms. The van der Waals surface area contributed by atoms with E-state index >= 15 is 0 Å². The molecule has 0 heterocycles. The van der Waals surface area contributed by atoms with E-state index in [9.17, 15) is 9.59 Å². The van der Waals surface area contributed by atoms with Gasteiger partial charge in [0.25, 0.3) is 0 Å². The topological polar surface area (TPSA) is 70.2 Å². The Bertz CT molecular complexity index is 123. The van der Waals surface area contributed by atoms with Gasteiger partial charge >= 0.3 is 0 Å². The van der Waals surface area contributed by atoms with Gasteiger partial charge in [-0.05, 0) is 21.0 Å². The molecule has 0 rings (SSSR count). The fraction of sp³-hybridized carbons (Fsp3) is 0.833. The number of hydrogen-bond acceptors (Lipinski definition) is 4. The zero-order chi connectivity index (χ0) is 14.5. The summed E-state index contributed by atoms with van der Waals surface area (Å²) in [6, 6.07) is 0. The standard InChI is InChI=1S/C5H12N2O.C3H7NO.2C2H6/c1-3-7-5(8)4-6-2;1-4-2-3-5;2*1-2/h6H,3-4H2,1-2H3,(H,7,8);3-4H,2H2,1H3;2*1-2H3. The highest BCUT2D eigenvalue weighted by Gasteiger charge is 1.91. The molecule has 0 atom stereocenters. The summed E-state index contributed by atoms with van der Waals surface area (Å²) < 4.78 is 0. The Kier molecular flexibility index (Phi) is 53.4. The maximum absolute atomic E-state index is 10.5. The Balaban J connectivity index is -0.0000000809. The van der Waals surface area contributed by atoms with Gasteiger partial charge in [-0.15, -0.1) is 0 Å². The summed E-state index contributed by atoms with van der Waals surface area (Å²) in [5.74, 6) is 0.0509. The van der Waals surface area contributed by atoms with Crippen molar-refractivity contribution in [3.8, 4) is 0 Å². The average molecular weight is 249 g/mol. The quantitative estimate of drug-likeness (QED) is 0.630. The van der Waals surface area contributed by atoms with E-state index in [0.29, 0.717) is 19.6 Å². The van der Waals surface area contributed by atoms with Crippen molar-refractivity contribution >= 4 is 12.2 Å². The van der Waals surface area contributed by atoms with Gasteiger partial charge in [-0.3, -0.25) is 4.79 Å². The van der Waals surface area contributed by atoms with E-state index in [1.165, 1.54) is 0 Å². The number of likely N-dealkylation sites (N-methyl/N-ethyl adjacent to an activating group) is 3. The van der Waals surface area contributed by atoms with Crippen LogP contribution in [0.1, 0.15) is 34.6 Å². The lowest BCUT2D eigenvalue weighted by Gasteiger charge is -1.97. The second-order valence-corrected chi connectivity index (χ2v) is 2.21. The van der Waals surface area contributed by atoms with Crippen molar-refractivity contribution in [2.45, 2.75) is 34.6 Å². The summed E-state index contributed by atoms with van der Waals surface area (Å²) in [6.45, 7) is 11.5. The number of aldehydes is 1. The van der Waals surface area contributed by atoms with Crippen LogP contribution in [0.5, 0.6) is 0 Å². The molecule has 0 aliphatic heterocycles. The first-order valence-electron chi connectivity index (χ1n) is 6.22. The van der Waals surface area contributed by atoms with Gasteiger partial charge in [-0.2, -0.15) is 0 Å². The Morgan fingerprint density at radius 3 is 1.71 bits per heavy atom. The molecule has 0 aliphatic carbocycles. The minimum absolute atomic E-state index is 0.0509. The molecular weight excluding hydrogens is 218 g/mol. The molecule has 0 aliphatic rings. The third-order valence-corrected chi connectivity index (χ3v) is 0.999. The molecule has 0 aromatic heterocycles. The van der Waals surface area contributed by atoms with E-state index < -0.39 is 0 Å². The third-order valence-electron chi connectivity index (χ3n) is 0.999. The molecule has 3 N–H and O–H groups in total. The molecular formula is C12H31N3O2.